The lowest BCUT2D eigenvalue weighted by Crippen LogP contribution is -2.08. The highest BCUT2D eigenvalue weighted by Gasteiger charge is 2.21. The Kier molecular flexibility index (Phi) is 3.94. The summed E-state index contributed by atoms with van der Waals surface area (Å²) >= 11 is 6.05. The van der Waals surface area contributed by atoms with Crippen molar-refractivity contribution < 1.29 is 9.53 Å². The molecule has 0 amide bonds. The van der Waals surface area contributed by atoms with Crippen molar-refractivity contribution in [1.82, 2.24) is 9.97 Å². The van der Waals surface area contributed by atoms with Crippen LogP contribution in [0, 0.1) is 0 Å². The number of carbonyl (C=O) groups is 1. The van der Waals surface area contributed by atoms with Crippen LogP contribution < -0.4 is 0 Å². The van der Waals surface area contributed by atoms with Crippen molar-refractivity contribution >= 4 is 17.6 Å². The number of methoxy groups -OCH3 is 1. The predicted octanol–water partition coefficient (Wildman–Crippen LogP) is 2.50. The first-order chi connectivity index (χ1) is 8.20. The van der Waals surface area contributed by atoms with E-state index in [2.05, 4.69) is 14.7 Å². The number of esters is 1. The molecule has 2 rings (SSSR count). The lowest BCUT2D eigenvalue weighted by atomic mass is 10.1. The molecular formula is C12H15ClN2O2. The molecule has 0 saturated heterocycles. The van der Waals surface area contributed by atoms with Gasteiger partial charge in [-0.1, -0.05) is 24.4 Å². The van der Waals surface area contributed by atoms with Gasteiger partial charge >= 0.3 is 5.97 Å². The van der Waals surface area contributed by atoms with Gasteiger partial charge in [0.05, 0.1) is 13.5 Å². The van der Waals surface area contributed by atoms with Gasteiger partial charge in [-0.2, -0.15) is 0 Å². The zero-order valence-electron chi connectivity index (χ0n) is 9.78. The van der Waals surface area contributed by atoms with Gasteiger partial charge in [0.2, 0.25) is 0 Å². The van der Waals surface area contributed by atoms with E-state index < -0.39 is 0 Å². The summed E-state index contributed by atoms with van der Waals surface area (Å²) in [5, 5.41) is 0.368. The van der Waals surface area contributed by atoms with Crippen molar-refractivity contribution in [2.75, 3.05) is 7.11 Å². The van der Waals surface area contributed by atoms with Crippen LogP contribution in [0.2, 0.25) is 5.15 Å². The Balaban J connectivity index is 2.13. The van der Waals surface area contributed by atoms with Gasteiger partial charge in [0.15, 0.2) is 0 Å². The second-order valence-corrected chi connectivity index (χ2v) is 4.64. The van der Waals surface area contributed by atoms with Crippen molar-refractivity contribution in [1.29, 1.82) is 0 Å². The fraction of sp³-hybridized carbons (Fsp3) is 0.583. The van der Waals surface area contributed by atoms with Gasteiger partial charge in [-0.25, -0.2) is 9.97 Å². The number of ether oxygens (including phenoxy) is 1. The molecule has 92 valence electrons. The minimum absolute atomic E-state index is 0.125. The quantitative estimate of drug-likeness (QED) is 0.614. The summed E-state index contributed by atoms with van der Waals surface area (Å²) in [4.78, 5) is 19.7. The van der Waals surface area contributed by atoms with Crippen molar-refractivity contribution in [2.24, 2.45) is 0 Å². The lowest BCUT2D eigenvalue weighted by Gasteiger charge is -2.09. The normalized spacial score (nSPS) is 16.1. The minimum atomic E-state index is -0.330. The number of hydrogen-bond donors (Lipinski definition) is 0. The first-order valence-electron chi connectivity index (χ1n) is 5.79. The summed E-state index contributed by atoms with van der Waals surface area (Å²) < 4.78 is 4.59. The Bertz CT molecular complexity index is 417. The molecule has 0 N–H and O–H groups in total. The molecule has 1 aromatic rings. The van der Waals surface area contributed by atoms with Gasteiger partial charge in [-0.3, -0.25) is 4.79 Å². The Morgan fingerprint density at radius 3 is 2.82 bits per heavy atom. The second-order valence-electron chi connectivity index (χ2n) is 4.28. The zero-order valence-corrected chi connectivity index (χ0v) is 10.5. The monoisotopic (exact) mass is 254 g/mol. The van der Waals surface area contributed by atoms with Crippen LogP contribution in [0.25, 0.3) is 0 Å². The van der Waals surface area contributed by atoms with Crippen LogP contribution in [0.1, 0.15) is 43.0 Å². The summed E-state index contributed by atoms with van der Waals surface area (Å²) in [6, 6.07) is 0. The SMILES string of the molecule is COC(=O)Cc1cnc(C2CCCC2)nc1Cl. The van der Waals surface area contributed by atoms with E-state index in [1.165, 1.54) is 20.0 Å². The number of carbonyl (C=O) groups excluding carboxylic acids is 1. The van der Waals surface area contributed by atoms with Crippen LogP contribution in [0.15, 0.2) is 6.20 Å². The van der Waals surface area contributed by atoms with Crippen LogP contribution in [-0.4, -0.2) is 23.0 Å². The summed E-state index contributed by atoms with van der Waals surface area (Å²) in [7, 11) is 1.35. The maximum atomic E-state index is 11.1. The molecule has 1 saturated carbocycles. The van der Waals surface area contributed by atoms with Gasteiger partial charge in [-0.05, 0) is 12.8 Å². The average Bonchev–Trinajstić information content (AvgIpc) is 2.85. The van der Waals surface area contributed by atoms with E-state index in [0.29, 0.717) is 16.6 Å². The summed E-state index contributed by atoms with van der Waals surface area (Å²) in [5.41, 5.74) is 0.625. The van der Waals surface area contributed by atoms with Crippen molar-refractivity contribution in [3.63, 3.8) is 0 Å². The second kappa shape index (κ2) is 5.45. The smallest absolute Gasteiger partial charge is 0.310 e. The molecule has 0 bridgehead atoms. The minimum Gasteiger partial charge on any atom is -0.469 e. The Morgan fingerprint density at radius 2 is 2.24 bits per heavy atom. The first kappa shape index (κ1) is 12.3. The molecular weight excluding hydrogens is 240 g/mol. The largest absolute Gasteiger partial charge is 0.469 e. The molecule has 0 radical (unpaired) electrons. The van der Waals surface area contributed by atoms with Crippen LogP contribution >= 0.6 is 11.6 Å². The molecule has 0 spiro atoms. The zero-order chi connectivity index (χ0) is 12.3. The third kappa shape index (κ3) is 2.94. The Hall–Kier alpha value is -1.16. The number of aromatic nitrogens is 2. The van der Waals surface area contributed by atoms with Crippen LogP contribution in [-0.2, 0) is 16.0 Å². The maximum Gasteiger partial charge on any atom is 0.310 e. The molecule has 1 aromatic heterocycles. The van der Waals surface area contributed by atoms with E-state index in [-0.39, 0.29) is 12.4 Å². The third-order valence-corrected chi connectivity index (χ3v) is 3.44. The van der Waals surface area contributed by atoms with Crippen LogP contribution in [0.3, 0.4) is 0 Å². The molecule has 1 aliphatic carbocycles. The van der Waals surface area contributed by atoms with E-state index in [4.69, 9.17) is 11.6 Å². The summed E-state index contributed by atoms with van der Waals surface area (Å²) in [5.74, 6) is 0.907. The Morgan fingerprint density at radius 1 is 1.53 bits per heavy atom. The lowest BCUT2D eigenvalue weighted by molar-refractivity contribution is -0.139. The third-order valence-electron chi connectivity index (χ3n) is 3.11. The molecule has 1 heterocycles. The summed E-state index contributed by atoms with van der Waals surface area (Å²) in [6.45, 7) is 0. The van der Waals surface area contributed by atoms with Gasteiger partial charge in [0.25, 0.3) is 0 Å². The molecule has 5 heteroatoms. The highest BCUT2D eigenvalue weighted by molar-refractivity contribution is 6.30. The molecule has 1 aliphatic rings. The van der Waals surface area contributed by atoms with E-state index in [9.17, 15) is 4.79 Å². The summed E-state index contributed by atoms with van der Waals surface area (Å²) in [6.07, 6.45) is 6.49. The number of hydrogen-bond acceptors (Lipinski definition) is 4. The first-order valence-corrected chi connectivity index (χ1v) is 6.16. The highest BCUT2D eigenvalue weighted by Crippen LogP contribution is 2.32. The molecule has 17 heavy (non-hydrogen) atoms. The van der Waals surface area contributed by atoms with E-state index in [1.807, 2.05) is 0 Å². The van der Waals surface area contributed by atoms with Crippen molar-refractivity contribution in [2.45, 2.75) is 38.0 Å². The molecule has 0 aliphatic heterocycles. The van der Waals surface area contributed by atoms with Crippen molar-refractivity contribution in [3.05, 3.63) is 22.7 Å². The van der Waals surface area contributed by atoms with Crippen LogP contribution in [0.4, 0.5) is 0 Å². The maximum absolute atomic E-state index is 11.1. The number of nitrogens with zero attached hydrogens (tertiary/aromatic N) is 2. The van der Waals surface area contributed by atoms with Crippen molar-refractivity contribution in [3.8, 4) is 0 Å². The van der Waals surface area contributed by atoms with E-state index in [0.717, 1.165) is 18.7 Å². The molecule has 4 nitrogen and oxygen atoms in total. The Labute approximate surface area is 105 Å². The topological polar surface area (TPSA) is 52.1 Å². The predicted molar refractivity (Wildman–Crippen MR) is 64.0 cm³/mol. The molecule has 0 aromatic carbocycles. The standard InChI is InChI=1S/C12H15ClN2O2/c1-17-10(16)6-9-7-14-12(15-11(9)13)8-4-2-3-5-8/h7-8H,2-6H2,1H3. The fourth-order valence-corrected chi connectivity index (χ4v) is 2.33. The van der Waals surface area contributed by atoms with Crippen LogP contribution in [0.5, 0.6) is 0 Å². The van der Waals surface area contributed by atoms with Gasteiger partial charge < -0.3 is 4.74 Å². The fourth-order valence-electron chi connectivity index (χ4n) is 2.13. The number of rotatable bonds is 3. The number of halogens is 1. The average molecular weight is 255 g/mol. The van der Waals surface area contributed by atoms with Gasteiger partial charge in [0.1, 0.15) is 11.0 Å². The van der Waals surface area contributed by atoms with Gasteiger partial charge in [0, 0.05) is 17.7 Å². The molecule has 0 unspecified atom stereocenters. The van der Waals surface area contributed by atoms with E-state index >= 15 is 0 Å². The molecule has 1 fully saturated rings. The van der Waals surface area contributed by atoms with Gasteiger partial charge in [-0.15, -0.1) is 0 Å². The highest BCUT2D eigenvalue weighted by atomic mass is 35.5. The van der Waals surface area contributed by atoms with E-state index in [1.54, 1.807) is 6.20 Å². The molecule has 0 atom stereocenters.